The van der Waals surface area contributed by atoms with Crippen LogP contribution < -0.4 is 0 Å². The summed E-state index contributed by atoms with van der Waals surface area (Å²) in [5.41, 5.74) is 1.28. The van der Waals surface area contributed by atoms with E-state index in [1.807, 2.05) is 18.2 Å². The molecule has 0 saturated heterocycles. The van der Waals surface area contributed by atoms with Crippen molar-refractivity contribution in [1.29, 1.82) is 0 Å². The van der Waals surface area contributed by atoms with Crippen LogP contribution in [0.5, 0.6) is 0 Å². The highest BCUT2D eigenvalue weighted by Gasteiger charge is 2.34. The van der Waals surface area contributed by atoms with Crippen molar-refractivity contribution < 1.29 is 9.90 Å². The van der Waals surface area contributed by atoms with Crippen LogP contribution >= 0.6 is 0 Å². The maximum absolute atomic E-state index is 10.6. The fourth-order valence-corrected chi connectivity index (χ4v) is 1.82. The standard InChI is InChI=1S/C11H12O2/c12-11(13)10-6-9(7-10)8-4-2-1-3-5-8/h1-5,9-10H,6-7H2,(H,12,13)/t9-,10-. The second-order valence-electron chi connectivity index (χ2n) is 3.61. The van der Waals surface area contributed by atoms with E-state index in [1.54, 1.807) is 0 Å². The number of benzene rings is 1. The van der Waals surface area contributed by atoms with Crippen molar-refractivity contribution in [2.75, 3.05) is 0 Å². The van der Waals surface area contributed by atoms with Gasteiger partial charge in [0.25, 0.3) is 0 Å². The molecule has 1 aromatic rings. The normalized spacial score (nSPS) is 26.5. The van der Waals surface area contributed by atoms with Gasteiger partial charge < -0.3 is 5.11 Å². The van der Waals surface area contributed by atoms with Gasteiger partial charge in [-0.15, -0.1) is 0 Å². The Morgan fingerprint density at radius 3 is 2.38 bits per heavy atom. The first kappa shape index (κ1) is 8.30. The van der Waals surface area contributed by atoms with E-state index in [-0.39, 0.29) is 5.92 Å². The van der Waals surface area contributed by atoms with E-state index in [9.17, 15) is 4.79 Å². The lowest BCUT2D eigenvalue weighted by Crippen LogP contribution is -2.28. The SMILES string of the molecule is O=C(O)[C@H]1C[C@H](c2ccccc2)C1. The molecule has 2 nitrogen and oxygen atoms in total. The van der Waals surface area contributed by atoms with Crippen molar-refractivity contribution >= 4 is 5.97 Å². The van der Waals surface area contributed by atoms with Gasteiger partial charge in [-0.25, -0.2) is 0 Å². The Kier molecular flexibility index (Phi) is 2.05. The number of hydrogen-bond donors (Lipinski definition) is 1. The Hall–Kier alpha value is -1.31. The van der Waals surface area contributed by atoms with E-state index < -0.39 is 5.97 Å². The predicted molar refractivity (Wildman–Crippen MR) is 49.5 cm³/mol. The smallest absolute Gasteiger partial charge is 0.306 e. The van der Waals surface area contributed by atoms with Gasteiger partial charge in [-0.2, -0.15) is 0 Å². The van der Waals surface area contributed by atoms with Gasteiger partial charge in [-0.1, -0.05) is 30.3 Å². The van der Waals surface area contributed by atoms with Crippen molar-refractivity contribution in [3.63, 3.8) is 0 Å². The summed E-state index contributed by atoms with van der Waals surface area (Å²) in [7, 11) is 0. The van der Waals surface area contributed by atoms with Crippen molar-refractivity contribution in [2.45, 2.75) is 18.8 Å². The number of aliphatic carboxylic acids is 1. The average Bonchev–Trinajstić information content (AvgIpc) is 2.02. The molecule has 1 saturated carbocycles. The zero-order chi connectivity index (χ0) is 9.26. The first-order valence-electron chi connectivity index (χ1n) is 4.55. The van der Waals surface area contributed by atoms with E-state index in [2.05, 4.69) is 12.1 Å². The van der Waals surface area contributed by atoms with Crippen molar-refractivity contribution in [1.82, 2.24) is 0 Å². The minimum Gasteiger partial charge on any atom is -0.481 e. The Morgan fingerprint density at radius 2 is 1.85 bits per heavy atom. The average molecular weight is 176 g/mol. The summed E-state index contributed by atoms with van der Waals surface area (Å²) in [6.45, 7) is 0. The highest BCUT2D eigenvalue weighted by atomic mass is 16.4. The van der Waals surface area contributed by atoms with E-state index >= 15 is 0 Å². The molecule has 1 aliphatic rings. The topological polar surface area (TPSA) is 37.3 Å². The van der Waals surface area contributed by atoms with E-state index in [1.165, 1.54) is 5.56 Å². The van der Waals surface area contributed by atoms with E-state index in [4.69, 9.17) is 5.11 Å². The minimum absolute atomic E-state index is 0.106. The second-order valence-corrected chi connectivity index (χ2v) is 3.61. The molecule has 1 aliphatic carbocycles. The molecule has 0 heterocycles. The zero-order valence-electron chi connectivity index (χ0n) is 7.31. The van der Waals surface area contributed by atoms with Gasteiger partial charge in [0.15, 0.2) is 0 Å². The molecular weight excluding hydrogens is 164 g/mol. The van der Waals surface area contributed by atoms with Crippen LogP contribution in [-0.2, 0) is 4.79 Å². The minimum atomic E-state index is -0.646. The molecule has 0 radical (unpaired) electrons. The predicted octanol–water partition coefficient (Wildman–Crippen LogP) is 2.26. The molecular formula is C11H12O2. The van der Waals surface area contributed by atoms with Crippen LogP contribution in [0.2, 0.25) is 0 Å². The Balaban J connectivity index is 1.98. The van der Waals surface area contributed by atoms with Crippen LogP contribution in [0.1, 0.15) is 24.3 Å². The fraction of sp³-hybridized carbons (Fsp3) is 0.364. The van der Waals surface area contributed by atoms with Gasteiger partial charge >= 0.3 is 5.97 Å². The third-order valence-electron chi connectivity index (χ3n) is 2.76. The lowest BCUT2D eigenvalue weighted by Gasteiger charge is -2.32. The number of carboxylic acid groups (broad SMARTS) is 1. The molecule has 1 N–H and O–H groups in total. The van der Waals surface area contributed by atoms with Crippen LogP contribution in [0, 0.1) is 5.92 Å². The van der Waals surface area contributed by atoms with Gasteiger partial charge in [-0.3, -0.25) is 4.79 Å². The number of rotatable bonds is 2. The molecule has 0 amide bonds. The van der Waals surface area contributed by atoms with Crippen LogP contribution in [-0.4, -0.2) is 11.1 Å². The highest BCUT2D eigenvalue weighted by molar-refractivity contribution is 5.71. The molecule has 0 unspecified atom stereocenters. The van der Waals surface area contributed by atoms with Gasteiger partial charge in [0.2, 0.25) is 0 Å². The molecule has 0 aliphatic heterocycles. The first-order valence-corrected chi connectivity index (χ1v) is 4.55. The van der Waals surface area contributed by atoms with Crippen molar-refractivity contribution in [3.8, 4) is 0 Å². The molecule has 1 fully saturated rings. The summed E-state index contributed by atoms with van der Waals surface area (Å²) in [6.07, 6.45) is 1.61. The summed E-state index contributed by atoms with van der Waals surface area (Å²) in [4.78, 5) is 10.6. The molecule has 0 bridgehead atoms. The van der Waals surface area contributed by atoms with E-state index in [0.29, 0.717) is 5.92 Å². The second kappa shape index (κ2) is 3.21. The third kappa shape index (κ3) is 1.57. The molecule has 0 spiro atoms. The molecule has 1 aromatic carbocycles. The quantitative estimate of drug-likeness (QED) is 0.750. The molecule has 2 rings (SSSR count). The lowest BCUT2D eigenvalue weighted by atomic mass is 9.71. The molecule has 2 heteroatoms. The van der Waals surface area contributed by atoms with Crippen LogP contribution in [0.15, 0.2) is 30.3 Å². The maximum Gasteiger partial charge on any atom is 0.306 e. The molecule has 13 heavy (non-hydrogen) atoms. The Labute approximate surface area is 77.2 Å². The Morgan fingerprint density at radius 1 is 1.23 bits per heavy atom. The lowest BCUT2D eigenvalue weighted by molar-refractivity contribution is -0.145. The van der Waals surface area contributed by atoms with Crippen molar-refractivity contribution in [2.24, 2.45) is 5.92 Å². The van der Waals surface area contributed by atoms with Crippen LogP contribution in [0.4, 0.5) is 0 Å². The van der Waals surface area contributed by atoms with E-state index in [0.717, 1.165) is 12.8 Å². The van der Waals surface area contributed by atoms with Gasteiger partial charge in [0, 0.05) is 0 Å². The molecule has 68 valence electrons. The maximum atomic E-state index is 10.6. The summed E-state index contributed by atoms with van der Waals surface area (Å²) < 4.78 is 0. The van der Waals surface area contributed by atoms with Gasteiger partial charge in [0.1, 0.15) is 0 Å². The Bertz CT molecular complexity index is 299. The van der Waals surface area contributed by atoms with Gasteiger partial charge in [0.05, 0.1) is 5.92 Å². The fourth-order valence-electron chi connectivity index (χ4n) is 1.82. The summed E-state index contributed by atoms with van der Waals surface area (Å²) in [6, 6.07) is 10.1. The van der Waals surface area contributed by atoms with Crippen LogP contribution in [0.25, 0.3) is 0 Å². The number of hydrogen-bond acceptors (Lipinski definition) is 1. The highest BCUT2D eigenvalue weighted by Crippen LogP contribution is 2.41. The molecule has 0 aromatic heterocycles. The summed E-state index contributed by atoms with van der Waals surface area (Å²) in [5, 5.41) is 8.70. The number of carbonyl (C=O) groups is 1. The van der Waals surface area contributed by atoms with Crippen molar-refractivity contribution in [3.05, 3.63) is 35.9 Å². The number of carboxylic acids is 1. The zero-order valence-corrected chi connectivity index (χ0v) is 7.31. The summed E-state index contributed by atoms with van der Waals surface area (Å²) in [5.74, 6) is -0.278. The largest absolute Gasteiger partial charge is 0.481 e. The molecule has 0 atom stereocenters. The summed E-state index contributed by atoms with van der Waals surface area (Å²) >= 11 is 0. The van der Waals surface area contributed by atoms with Crippen LogP contribution in [0.3, 0.4) is 0 Å². The van der Waals surface area contributed by atoms with Gasteiger partial charge in [-0.05, 0) is 24.3 Å². The first-order chi connectivity index (χ1) is 6.27. The third-order valence-corrected chi connectivity index (χ3v) is 2.76. The monoisotopic (exact) mass is 176 g/mol.